The van der Waals surface area contributed by atoms with Crippen molar-refractivity contribution in [1.29, 1.82) is 0 Å². The van der Waals surface area contributed by atoms with Crippen LogP contribution in [0.1, 0.15) is 25.3 Å². The Labute approximate surface area is 192 Å². The number of methoxy groups -OCH3 is 1. The summed E-state index contributed by atoms with van der Waals surface area (Å²) in [5.74, 6) is 1.96. The van der Waals surface area contributed by atoms with E-state index < -0.39 is 0 Å². The number of aromatic amines is 1. The Balaban J connectivity index is 1.83. The molecular formula is C26H27N3O2S. The number of aryl methyl sites for hydroxylation is 1. The molecule has 1 N–H and O–H groups in total. The highest BCUT2D eigenvalue weighted by atomic mass is 32.2. The smallest absolute Gasteiger partial charge is 0.229 e. The number of amides is 1. The Morgan fingerprint density at radius 3 is 2.81 bits per heavy atom. The molecule has 2 heterocycles. The molecule has 2 aromatic heterocycles. The van der Waals surface area contributed by atoms with E-state index in [-0.39, 0.29) is 11.8 Å². The molecule has 0 spiro atoms. The van der Waals surface area contributed by atoms with Crippen molar-refractivity contribution in [1.82, 2.24) is 9.97 Å². The minimum atomic E-state index is 0.125. The first-order valence-corrected chi connectivity index (χ1v) is 12.0. The van der Waals surface area contributed by atoms with E-state index in [9.17, 15) is 4.79 Å². The second-order valence-corrected chi connectivity index (χ2v) is 9.73. The van der Waals surface area contributed by atoms with Crippen LogP contribution in [0.4, 0.5) is 5.69 Å². The largest absolute Gasteiger partial charge is 0.492 e. The maximum Gasteiger partial charge on any atom is 0.229 e. The number of ether oxygens (including phenoxy) is 1. The number of benzene rings is 2. The summed E-state index contributed by atoms with van der Waals surface area (Å²) >= 11 is 1.82. The molecule has 1 aliphatic carbocycles. The van der Waals surface area contributed by atoms with Gasteiger partial charge in [0, 0.05) is 34.8 Å². The van der Waals surface area contributed by atoms with Crippen molar-refractivity contribution in [3.05, 3.63) is 48.2 Å². The average Bonchev–Trinajstić information content (AvgIpc) is 3.58. The van der Waals surface area contributed by atoms with Crippen molar-refractivity contribution < 1.29 is 9.53 Å². The summed E-state index contributed by atoms with van der Waals surface area (Å²) in [7, 11) is 3.51. The molecule has 0 unspecified atom stereocenters. The number of rotatable bonds is 6. The van der Waals surface area contributed by atoms with Crippen LogP contribution in [-0.4, -0.2) is 35.8 Å². The number of pyridine rings is 1. The molecule has 164 valence electrons. The van der Waals surface area contributed by atoms with E-state index in [2.05, 4.69) is 60.2 Å². The monoisotopic (exact) mass is 445 g/mol. The molecule has 4 aromatic rings. The summed E-state index contributed by atoms with van der Waals surface area (Å²) in [4.78, 5) is 24.0. The van der Waals surface area contributed by atoms with Crippen LogP contribution in [0.25, 0.3) is 33.1 Å². The topological polar surface area (TPSA) is 58.2 Å². The predicted molar refractivity (Wildman–Crippen MR) is 133 cm³/mol. The van der Waals surface area contributed by atoms with E-state index in [4.69, 9.17) is 4.74 Å². The second-order valence-electron chi connectivity index (χ2n) is 8.39. The lowest BCUT2D eigenvalue weighted by molar-refractivity contribution is -0.119. The zero-order chi connectivity index (χ0) is 22.4. The predicted octanol–water partition coefficient (Wildman–Crippen LogP) is 6.18. The number of nitrogens with zero attached hydrogens (tertiary/aromatic N) is 2. The highest BCUT2D eigenvalue weighted by Gasteiger charge is 2.34. The third-order valence-electron chi connectivity index (χ3n) is 6.08. The summed E-state index contributed by atoms with van der Waals surface area (Å²) in [6, 6.07) is 12.9. The molecule has 1 saturated carbocycles. The van der Waals surface area contributed by atoms with Gasteiger partial charge >= 0.3 is 0 Å². The Morgan fingerprint density at radius 2 is 2.09 bits per heavy atom. The number of hydrogen-bond acceptors (Lipinski definition) is 4. The third-order valence-corrected chi connectivity index (χ3v) is 6.95. The number of thioether (sulfide) groups is 1. The standard InChI is InChI=1S/C26H27N3O2S/c1-5-32-18-8-6-7-17(12-18)19-13-21(29(3)26(30)16-9-10-16)24(31-4)23-22(19)20-11-15(2)14-27-25(20)28-23/h6-8,11-14,16H,5,9-10H2,1-4H3,(H,27,28). The van der Waals surface area contributed by atoms with Crippen molar-refractivity contribution in [3.8, 4) is 16.9 Å². The average molecular weight is 446 g/mol. The van der Waals surface area contributed by atoms with Crippen LogP contribution < -0.4 is 9.64 Å². The Kier molecular flexibility index (Phi) is 5.33. The van der Waals surface area contributed by atoms with Crippen LogP contribution >= 0.6 is 11.8 Å². The highest BCUT2D eigenvalue weighted by Crippen LogP contribution is 2.46. The Hall–Kier alpha value is -2.99. The molecular weight excluding hydrogens is 418 g/mol. The minimum absolute atomic E-state index is 0.125. The molecule has 32 heavy (non-hydrogen) atoms. The summed E-state index contributed by atoms with van der Waals surface area (Å²) in [5.41, 5.74) is 5.76. The molecule has 5 rings (SSSR count). The van der Waals surface area contributed by atoms with Gasteiger partial charge in [-0.3, -0.25) is 4.79 Å². The molecule has 0 saturated heterocycles. The Morgan fingerprint density at radius 1 is 1.28 bits per heavy atom. The molecule has 0 atom stereocenters. The van der Waals surface area contributed by atoms with Crippen LogP contribution in [0, 0.1) is 12.8 Å². The fraction of sp³-hybridized carbons (Fsp3) is 0.308. The van der Waals surface area contributed by atoms with Gasteiger partial charge in [0.25, 0.3) is 0 Å². The van der Waals surface area contributed by atoms with Crippen molar-refractivity contribution in [3.63, 3.8) is 0 Å². The number of carbonyl (C=O) groups excluding carboxylic acids is 1. The lowest BCUT2D eigenvalue weighted by Crippen LogP contribution is -2.28. The SMILES string of the molecule is CCSc1cccc(-c2cc(N(C)C(=O)C3CC3)c(OC)c3[nH]c4ncc(C)cc4c23)c1. The van der Waals surface area contributed by atoms with E-state index in [0.29, 0.717) is 5.75 Å². The molecule has 0 bridgehead atoms. The molecule has 2 aromatic carbocycles. The van der Waals surface area contributed by atoms with Gasteiger partial charge in [-0.2, -0.15) is 0 Å². The first-order valence-electron chi connectivity index (χ1n) is 11.0. The van der Waals surface area contributed by atoms with E-state index in [1.165, 1.54) is 4.90 Å². The van der Waals surface area contributed by atoms with Crippen LogP contribution in [0.5, 0.6) is 5.75 Å². The van der Waals surface area contributed by atoms with Gasteiger partial charge in [-0.25, -0.2) is 4.98 Å². The molecule has 1 aliphatic rings. The molecule has 5 nitrogen and oxygen atoms in total. The number of anilines is 1. The first kappa shape index (κ1) is 20.9. The van der Waals surface area contributed by atoms with Gasteiger partial charge < -0.3 is 14.6 Å². The number of fused-ring (bicyclic) bond motifs is 3. The molecule has 0 aliphatic heterocycles. The lowest BCUT2D eigenvalue weighted by atomic mass is 9.97. The van der Waals surface area contributed by atoms with Gasteiger partial charge in [-0.1, -0.05) is 19.1 Å². The van der Waals surface area contributed by atoms with Crippen LogP contribution in [0.3, 0.4) is 0 Å². The van der Waals surface area contributed by atoms with Gasteiger partial charge in [0.2, 0.25) is 5.91 Å². The lowest BCUT2D eigenvalue weighted by Gasteiger charge is -2.22. The molecule has 1 amide bonds. The number of nitrogens with one attached hydrogen (secondary N) is 1. The molecule has 0 radical (unpaired) electrons. The van der Waals surface area contributed by atoms with Crippen LogP contribution in [0.2, 0.25) is 0 Å². The highest BCUT2D eigenvalue weighted by molar-refractivity contribution is 7.99. The van der Waals surface area contributed by atoms with Gasteiger partial charge in [-0.05, 0) is 66.5 Å². The van der Waals surface area contributed by atoms with Crippen molar-refractivity contribution in [2.24, 2.45) is 5.92 Å². The van der Waals surface area contributed by atoms with Crippen LogP contribution in [0.15, 0.2) is 47.5 Å². The number of hydrogen-bond donors (Lipinski definition) is 1. The number of aromatic nitrogens is 2. The maximum absolute atomic E-state index is 13.0. The summed E-state index contributed by atoms with van der Waals surface area (Å²) in [5, 5.41) is 2.13. The van der Waals surface area contributed by atoms with E-state index >= 15 is 0 Å². The summed E-state index contributed by atoms with van der Waals surface area (Å²) < 4.78 is 5.89. The third kappa shape index (κ3) is 3.52. The normalized spacial score (nSPS) is 13.6. The second kappa shape index (κ2) is 8.17. The zero-order valence-electron chi connectivity index (χ0n) is 18.9. The van der Waals surface area contributed by atoms with Crippen molar-refractivity contribution in [2.45, 2.75) is 31.6 Å². The van der Waals surface area contributed by atoms with E-state index in [1.54, 1.807) is 12.0 Å². The van der Waals surface area contributed by atoms with Crippen LogP contribution in [-0.2, 0) is 4.79 Å². The number of H-pyrrole nitrogens is 1. The summed E-state index contributed by atoms with van der Waals surface area (Å²) in [6.07, 6.45) is 3.80. The fourth-order valence-corrected chi connectivity index (χ4v) is 5.07. The van der Waals surface area contributed by atoms with Crippen molar-refractivity contribution in [2.75, 3.05) is 24.8 Å². The number of carbonyl (C=O) groups is 1. The molecule has 6 heteroatoms. The minimum Gasteiger partial charge on any atom is -0.492 e. The summed E-state index contributed by atoms with van der Waals surface area (Å²) in [6.45, 7) is 4.21. The van der Waals surface area contributed by atoms with Gasteiger partial charge in [0.1, 0.15) is 5.65 Å². The maximum atomic E-state index is 13.0. The van der Waals surface area contributed by atoms with Gasteiger partial charge in [0.15, 0.2) is 5.75 Å². The quantitative estimate of drug-likeness (QED) is 0.360. The van der Waals surface area contributed by atoms with Gasteiger partial charge in [0.05, 0.1) is 18.3 Å². The zero-order valence-corrected chi connectivity index (χ0v) is 19.7. The van der Waals surface area contributed by atoms with Gasteiger partial charge in [-0.15, -0.1) is 11.8 Å². The fourth-order valence-electron chi connectivity index (χ4n) is 4.35. The first-order chi connectivity index (χ1) is 15.5. The van der Waals surface area contributed by atoms with Crippen molar-refractivity contribution >= 4 is 45.3 Å². The Bertz CT molecular complexity index is 1340. The van der Waals surface area contributed by atoms with E-state index in [1.807, 2.05) is 25.0 Å². The molecule has 1 fully saturated rings. The van der Waals surface area contributed by atoms with E-state index in [0.717, 1.165) is 62.9 Å².